The second-order valence-electron chi connectivity index (χ2n) is 5.91. The molecular weight excluding hydrogens is 442 g/mol. The van der Waals surface area contributed by atoms with Crippen molar-refractivity contribution >= 4 is 46.1 Å². The number of nitrogens with one attached hydrogen (secondary N) is 3. The fraction of sp³-hybridized carbons (Fsp3) is 0.111. The predicted octanol–water partition coefficient (Wildman–Crippen LogP) is 4.76. The maximum Gasteiger partial charge on any atom is 0.416 e. The zero-order valence-corrected chi connectivity index (χ0v) is 16.5. The summed E-state index contributed by atoms with van der Waals surface area (Å²) in [4.78, 5) is 11.9. The number of halogens is 4. The summed E-state index contributed by atoms with van der Waals surface area (Å²) in [5.41, 5.74) is 0.0101. The molecule has 2 aromatic carbocycles. The van der Waals surface area contributed by atoms with Crippen molar-refractivity contribution < 1.29 is 22.4 Å². The molecular formula is C18H13F4N5OS2. The van der Waals surface area contributed by atoms with Crippen molar-refractivity contribution in [2.75, 3.05) is 10.6 Å². The van der Waals surface area contributed by atoms with Gasteiger partial charge in [-0.3, -0.25) is 4.79 Å². The zero-order chi connectivity index (χ0) is 21.7. The Hall–Kier alpha value is -3.12. The lowest BCUT2D eigenvalue weighted by Gasteiger charge is -2.16. The van der Waals surface area contributed by atoms with E-state index in [1.807, 2.05) is 0 Å². The molecule has 0 fully saturated rings. The molecule has 0 aliphatic carbocycles. The average Bonchev–Trinajstić information content (AvgIpc) is 3.24. The Morgan fingerprint density at radius 1 is 1.07 bits per heavy atom. The molecule has 0 spiro atoms. The lowest BCUT2D eigenvalue weighted by molar-refractivity contribution is -0.137. The van der Waals surface area contributed by atoms with E-state index in [2.05, 4.69) is 25.5 Å². The summed E-state index contributed by atoms with van der Waals surface area (Å²) in [7, 11) is 0. The van der Waals surface area contributed by atoms with Crippen LogP contribution in [0.1, 0.15) is 27.9 Å². The van der Waals surface area contributed by atoms with E-state index >= 15 is 0 Å². The molecule has 0 saturated carbocycles. The van der Waals surface area contributed by atoms with Crippen LogP contribution in [0.15, 0.2) is 53.9 Å². The van der Waals surface area contributed by atoms with Gasteiger partial charge in [0.15, 0.2) is 17.1 Å². The van der Waals surface area contributed by atoms with Gasteiger partial charge in [-0.25, -0.2) is 4.39 Å². The number of alkyl halides is 4. The Kier molecular flexibility index (Phi) is 6.57. The van der Waals surface area contributed by atoms with E-state index in [4.69, 9.17) is 12.2 Å². The summed E-state index contributed by atoms with van der Waals surface area (Å²) >= 11 is 6.06. The first-order valence-corrected chi connectivity index (χ1v) is 9.54. The summed E-state index contributed by atoms with van der Waals surface area (Å²) in [5, 5.41) is 12.7. The number of carbonyl (C=O) groups excluding carboxylic acids is 1. The Morgan fingerprint density at radius 3 is 2.33 bits per heavy atom. The number of thiocarbonyl (C=S) groups is 1. The number of aromatic nitrogens is 2. The lowest BCUT2D eigenvalue weighted by atomic mass is 10.1. The highest BCUT2D eigenvalue weighted by molar-refractivity contribution is 7.80. The van der Waals surface area contributed by atoms with Gasteiger partial charge in [0.2, 0.25) is 0 Å². The first kappa shape index (κ1) is 21.6. The van der Waals surface area contributed by atoms with Crippen LogP contribution in [0, 0.1) is 0 Å². The van der Waals surface area contributed by atoms with E-state index < -0.39 is 23.9 Å². The minimum atomic E-state index is -4.57. The molecule has 1 atom stereocenters. The minimum absolute atomic E-state index is 0.120. The molecule has 30 heavy (non-hydrogen) atoms. The first-order chi connectivity index (χ1) is 14.2. The van der Waals surface area contributed by atoms with Gasteiger partial charge in [0, 0.05) is 22.3 Å². The number of rotatable bonds is 5. The maximum atomic E-state index is 14.3. The van der Waals surface area contributed by atoms with Crippen LogP contribution >= 0.6 is 23.8 Å². The molecule has 0 saturated heterocycles. The molecule has 6 nitrogen and oxygen atoms in total. The number of hydrogen-bond acceptors (Lipinski definition) is 5. The van der Waals surface area contributed by atoms with E-state index in [9.17, 15) is 22.4 Å². The van der Waals surface area contributed by atoms with Crippen molar-refractivity contribution in [3.05, 3.63) is 70.7 Å². The standard InChI is InChI=1S/C18H13F4N5OS2/c19-15(10-2-1-3-11(8-10)18(20,21)22)25-17(29)24-13-6-4-12(5-7-13)23-16(28)14-9-30-27-26-14/h1-9,15H,(H,23,28)(H2,24,25,29). The number of carbonyl (C=O) groups is 1. The molecule has 156 valence electrons. The molecule has 3 aromatic rings. The third kappa shape index (κ3) is 5.70. The third-order valence-corrected chi connectivity index (χ3v) is 4.48. The number of anilines is 2. The van der Waals surface area contributed by atoms with Crippen LogP contribution in [-0.2, 0) is 6.18 Å². The summed E-state index contributed by atoms with van der Waals surface area (Å²) in [6.45, 7) is 0. The molecule has 0 bridgehead atoms. The van der Waals surface area contributed by atoms with E-state index in [-0.39, 0.29) is 16.4 Å². The molecule has 0 aliphatic heterocycles. The smallest absolute Gasteiger partial charge is 0.333 e. The fourth-order valence-electron chi connectivity index (χ4n) is 2.33. The van der Waals surface area contributed by atoms with Gasteiger partial charge in [-0.05, 0) is 60.1 Å². The van der Waals surface area contributed by atoms with Crippen molar-refractivity contribution in [3.63, 3.8) is 0 Å². The van der Waals surface area contributed by atoms with E-state index in [1.54, 1.807) is 24.3 Å². The molecule has 1 unspecified atom stereocenters. The molecule has 1 aromatic heterocycles. The molecule has 0 aliphatic rings. The fourth-order valence-corrected chi connectivity index (χ4v) is 2.99. The Bertz CT molecular complexity index is 1030. The molecule has 12 heteroatoms. The summed E-state index contributed by atoms with van der Waals surface area (Å²) < 4.78 is 56.2. The van der Waals surface area contributed by atoms with Crippen LogP contribution in [0.4, 0.5) is 28.9 Å². The van der Waals surface area contributed by atoms with Crippen molar-refractivity contribution in [1.29, 1.82) is 0 Å². The largest absolute Gasteiger partial charge is 0.416 e. The van der Waals surface area contributed by atoms with Gasteiger partial charge in [-0.2, -0.15) is 13.2 Å². The predicted molar refractivity (Wildman–Crippen MR) is 109 cm³/mol. The Morgan fingerprint density at radius 2 is 1.73 bits per heavy atom. The van der Waals surface area contributed by atoms with Gasteiger partial charge >= 0.3 is 6.18 Å². The monoisotopic (exact) mass is 455 g/mol. The van der Waals surface area contributed by atoms with Crippen LogP contribution in [-0.4, -0.2) is 20.6 Å². The highest BCUT2D eigenvalue weighted by Gasteiger charge is 2.31. The average molecular weight is 455 g/mol. The Balaban J connectivity index is 1.56. The maximum absolute atomic E-state index is 14.3. The van der Waals surface area contributed by atoms with E-state index in [0.717, 1.165) is 29.7 Å². The van der Waals surface area contributed by atoms with Gasteiger partial charge in [-0.1, -0.05) is 16.6 Å². The summed E-state index contributed by atoms with van der Waals surface area (Å²) in [6.07, 6.45) is -6.50. The number of nitrogens with zero attached hydrogens (tertiary/aromatic N) is 2. The van der Waals surface area contributed by atoms with Crippen molar-refractivity contribution in [2.24, 2.45) is 0 Å². The van der Waals surface area contributed by atoms with Gasteiger partial charge in [0.05, 0.1) is 5.56 Å². The quantitative estimate of drug-likeness (QED) is 0.292. The first-order valence-electron chi connectivity index (χ1n) is 8.29. The zero-order valence-electron chi connectivity index (χ0n) is 14.9. The Labute approximate surface area is 177 Å². The van der Waals surface area contributed by atoms with Crippen LogP contribution in [0.3, 0.4) is 0 Å². The molecule has 0 radical (unpaired) electrons. The van der Waals surface area contributed by atoms with Gasteiger partial charge in [0.1, 0.15) is 0 Å². The van der Waals surface area contributed by atoms with E-state index in [1.165, 1.54) is 11.4 Å². The second kappa shape index (κ2) is 9.13. The van der Waals surface area contributed by atoms with E-state index in [0.29, 0.717) is 11.4 Å². The van der Waals surface area contributed by atoms with Crippen LogP contribution in [0.25, 0.3) is 0 Å². The molecule has 1 amide bonds. The third-order valence-electron chi connectivity index (χ3n) is 3.76. The van der Waals surface area contributed by atoms with Gasteiger partial charge in [0.25, 0.3) is 5.91 Å². The summed E-state index contributed by atoms with van der Waals surface area (Å²) in [5.74, 6) is -0.414. The lowest BCUT2D eigenvalue weighted by Crippen LogP contribution is -2.30. The van der Waals surface area contributed by atoms with Gasteiger partial charge < -0.3 is 16.0 Å². The minimum Gasteiger partial charge on any atom is -0.333 e. The van der Waals surface area contributed by atoms with Crippen molar-refractivity contribution in [2.45, 2.75) is 12.5 Å². The van der Waals surface area contributed by atoms with Crippen molar-refractivity contribution in [1.82, 2.24) is 14.9 Å². The number of benzene rings is 2. The summed E-state index contributed by atoms with van der Waals surface area (Å²) in [6, 6.07) is 10.3. The number of hydrogen-bond donors (Lipinski definition) is 3. The normalized spacial score (nSPS) is 12.1. The topological polar surface area (TPSA) is 78.9 Å². The second-order valence-corrected chi connectivity index (χ2v) is 6.92. The SMILES string of the molecule is O=C(Nc1ccc(NC(=S)NC(F)c2cccc(C(F)(F)F)c2)cc1)c1csnn1. The van der Waals surface area contributed by atoms with Crippen molar-refractivity contribution in [3.8, 4) is 0 Å². The van der Waals surface area contributed by atoms with Crippen LogP contribution in [0.2, 0.25) is 0 Å². The van der Waals surface area contributed by atoms with Gasteiger partial charge in [-0.15, -0.1) is 5.10 Å². The van der Waals surface area contributed by atoms with Crippen LogP contribution < -0.4 is 16.0 Å². The highest BCUT2D eigenvalue weighted by atomic mass is 32.1. The molecule has 3 N–H and O–H groups in total. The molecule has 1 heterocycles. The number of amides is 1. The molecule has 3 rings (SSSR count). The van der Waals surface area contributed by atoms with Crippen LogP contribution in [0.5, 0.6) is 0 Å². The highest BCUT2D eigenvalue weighted by Crippen LogP contribution is 2.31.